The molecule has 1 unspecified atom stereocenters. The van der Waals surface area contributed by atoms with Crippen LogP contribution in [0, 0.1) is 10.1 Å². The van der Waals surface area contributed by atoms with Crippen molar-refractivity contribution in [1.82, 2.24) is 15.5 Å². The number of benzene rings is 1. The third-order valence-electron chi connectivity index (χ3n) is 5.13. The number of amides is 2. The minimum Gasteiger partial charge on any atom is -0.362 e. The van der Waals surface area contributed by atoms with E-state index in [0.717, 1.165) is 19.4 Å². The van der Waals surface area contributed by atoms with Crippen molar-refractivity contribution in [3.8, 4) is 0 Å². The third kappa shape index (κ3) is 5.11. The number of rotatable bonds is 4. The van der Waals surface area contributed by atoms with Crippen molar-refractivity contribution in [1.29, 1.82) is 0 Å². The average molecular weight is 412 g/mol. The van der Waals surface area contributed by atoms with E-state index < -0.39 is 4.92 Å². The van der Waals surface area contributed by atoms with E-state index in [1.54, 1.807) is 17.0 Å². The Balaban J connectivity index is 0.00000280. The van der Waals surface area contributed by atoms with Gasteiger partial charge in [-0.05, 0) is 31.5 Å². The van der Waals surface area contributed by atoms with Gasteiger partial charge in [0.2, 0.25) is 5.91 Å². The summed E-state index contributed by atoms with van der Waals surface area (Å²) in [4.78, 5) is 38.7. The van der Waals surface area contributed by atoms with Gasteiger partial charge in [0.1, 0.15) is 5.69 Å². The monoisotopic (exact) mass is 411 g/mol. The van der Waals surface area contributed by atoms with Crippen molar-refractivity contribution in [2.45, 2.75) is 25.8 Å². The summed E-state index contributed by atoms with van der Waals surface area (Å²) < 4.78 is 0. The summed E-state index contributed by atoms with van der Waals surface area (Å²) in [5.41, 5.74) is 0.693. The number of carbonyl (C=O) groups is 2. The smallest absolute Gasteiger partial charge is 0.293 e. The normalized spacial score (nSPS) is 19.5. The van der Waals surface area contributed by atoms with E-state index in [-0.39, 0.29) is 36.0 Å². The lowest BCUT2D eigenvalue weighted by Gasteiger charge is -2.35. The van der Waals surface area contributed by atoms with Gasteiger partial charge in [0.05, 0.1) is 4.92 Å². The molecule has 9 nitrogen and oxygen atoms in total. The first-order valence-electron chi connectivity index (χ1n) is 9.26. The molecule has 2 saturated heterocycles. The van der Waals surface area contributed by atoms with Gasteiger partial charge in [-0.25, -0.2) is 0 Å². The molecule has 0 spiro atoms. The molecule has 0 aliphatic carbocycles. The molecule has 2 aliphatic heterocycles. The zero-order chi connectivity index (χ0) is 19.4. The largest absolute Gasteiger partial charge is 0.362 e. The van der Waals surface area contributed by atoms with Crippen LogP contribution in [0.5, 0.6) is 0 Å². The Labute approximate surface area is 170 Å². The summed E-state index contributed by atoms with van der Waals surface area (Å²) in [5, 5.41) is 17.7. The van der Waals surface area contributed by atoms with Gasteiger partial charge >= 0.3 is 0 Å². The molecule has 154 valence electrons. The number of hydrogen-bond donors (Lipinski definition) is 2. The summed E-state index contributed by atoms with van der Waals surface area (Å²) in [6.07, 6.45) is 1.90. The number of carbonyl (C=O) groups excluding carboxylic acids is 2. The van der Waals surface area contributed by atoms with Gasteiger partial charge in [-0.3, -0.25) is 19.7 Å². The lowest BCUT2D eigenvalue weighted by molar-refractivity contribution is -0.384. The molecule has 1 atom stereocenters. The van der Waals surface area contributed by atoms with E-state index in [1.807, 2.05) is 4.90 Å². The van der Waals surface area contributed by atoms with Crippen LogP contribution in [0.3, 0.4) is 0 Å². The highest BCUT2D eigenvalue weighted by molar-refractivity contribution is 5.96. The van der Waals surface area contributed by atoms with Crippen molar-refractivity contribution in [3.05, 3.63) is 33.9 Å². The molecule has 0 aromatic heterocycles. The SMILES string of the molecule is CC(=O)N1CCN(c2ccc(C(=O)NC3CCCNC3)cc2[N+](=O)[O-])CC1.Cl. The summed E-state index contributed by atoms with van der Waals surface area (Å²) in [6, 6.07) is 4.66. The lowest BCUT2D eigenvalue weighted by Crippen LogP contribution is -2.48. The fourth-order valence-corrected chi connectivity index (χ4v) is 3.58. The van der Waals surface area contributed by atoms with Crippen LogP contribution < -0.4 is 15.5 Å². The van der Waals surface area contributed by atoms with Crippen LogP contribution in [0.25, 0.3) is 0 Å². The Hall–Kier alpha value is -2.39. The van der Waals surface area contributed by atoms with E-state index in [4.69, 9.17) is 0 Å². The van der Waals surface area contributed by atoms with Crippen LogP contribution in [0.15, 0.2) is 18.2 Å². The molecule has 0 bridgehead atoms. The van der Waals surface area contributed by atoms with Crippen LogP contribution >= 0.6 is 12.4 Å². The maximum atomic E-state index is 12.5. The molecule has 2 amide bonds. The molecule has 2 N–H and O–H groups in total. The third-order valence-corrected chi connectivity index (χ3v) is 5.13. The fourth-order valence-electron chi connectivity index (χ4n) is 3.58. The number of piperazine rings is 1. The molecular formula is C18H26ClN5O4. The number of nitro groups is 1. The molecule has 2 fully saturated rings. The van der Waals surface area contributed by atoms with Crippen molar-refractivity contribution in [2.75, 3.05) is 44.2 Å². The van der Waals surface area contributed by atoms with E-state index in [9.17, 15) is 19.7 Å². The molecular weight excluding hydrogens is 386 g/mol. The standard InChI is InChI=1S/C18H25N5O4.ClH/c1-13(24)21-7-9-22(10-8-21)16-5-4-14(11-17(16)23(26)27)18(25)20-15-3-2-6-19-12-15;/h4-5,11,15,19H,2-3,6-10,12H2,1H3,(H,20,25);1H. The summed E-state index contributed by atoms with van der Waals surface area (Å²) >= 11 is 0. The fraction of sp³-hybridized carbons (Fsp3) is 0.556. The summed E-state index contributed by atoms with van der Waals surface area (Å²) in [7, 11) is 0. The maximum absolute atomic E-state index is 12.5. The Morgan fingerprint density at radius 2 is 1.96 bits per heavy atom. The zero-order valence-electron chi connectivity index (χ0n) is 15.8. The van der Waals surface area contributed by atoms with Gasteiger partial charge in [-0.15, -0.1) is 12.4 Å². The van der Waals surface area contributed by atoms with Gasteiger partial charge in [0, 0.05) is 57.3 Å². The van der Waals surface area contributed by atoms with Crippen molar-refractivity contribution >= 4 is 35.6 Å². The number of hydrogen-bond acceptors (Lipinski definition) is 6. The number of nitro benzene ring substituents is 1. The Kier molecular flexibility index (Phi) is 7.59. The van der Waals surface area contributed by atoms with Crippen LogP contribution in [0.2, 0.25) is 0 Å². The molecule has 3 rings (SSSR count). The topological polar surface area (TPSA) is 108 Å². The zero-order valence-corrected chi connectivity index (χ0v) is 16.7. The number of piperidine rings is 1. The molecule has 2 aliphatic rings. The number of nitrogens with zero attached hydrogens (tertiary/aromatic N) is 3. The second-order valence-corrected chi connectivity index (χ2v) is 6.97. The predicted molar refractivity (Wildman–Crippen MR) is 108 cm³/mol. The average Bonchev–Trinajstić information content (AvgIpc) is 2.68. The van der Waals surface area contributed by atoms with Crippen molar-refractivity contribution in [2.24, 2.45) is 0 Å². The quantitative estimate of drug-likeness (QED) is 0.568. The lowest BCUT2D eigenvalue weighted by atomic mass is 10.1. The first kappa shape index (κ1) is 21.9. The predicted octanol–water partition coefficient (Wildman–Crippen LogP) is 1.17. The van der Waals surface area contributed by atoms with Crippen molar-refractivity contribution in [3.63, 3.8) is 0 Å². The summed E-state index contributed by atoms with van der Waals surface area (Å²) in [5.74, 6) is -0.284. The Bertz CT molecular complexity index is 731. The maximum Gasteiger partial charge on any atom is 0.293 e. The second kappa shape index (κ2) is 9.70. The minimum atomic E-state index is -0.453. The number of anilines is 1. The second-order valence-electron chi connectivity index (χ2n) is 6.97. The Morgan fingerprint density at radius 3 is 2.54 bits per heavy atom. The molecule has 28 heavy (non-hydrogen) atoms. The van der Waals surface area contributed by atoms with E-state index >= 15 is 0 Å². The highest BCUT2D eigenvalue weighted by Gasteiger charge is 2.26. The van der Waals surface area contributed by atoms with Crippen LogP contribution in [-0.2, 0) is 4.79 Å². The van der Waals surface area contributed by atoms with Crippen LogP contribution in [-0.4, -0.2) is 66.9 Å². The van der Waals surface area contributed by atoms with E-state index in [0.29, 0.717) is 44.0 Å². The van der Waals surface area contributed by atoms with Gasteiger partial charge in [0.25, 0.3) is 11.6 Å². The van der Waals surface area contributed by atoms with Gasteiger partial charge in [0.15, 0.2) is 0 Å². The van der Waals surface area contributed by atoms with Crippen LogP contribution in [0.4, 0.5) is 11.4 Å². The molecule has 1 aromatic rings. The Morgan fingerprint density at radius 1 is 1.25 bits per heavy atom. The van der Waals surface area contributed by atoms with Crippen LogP contribution in [0.1, 0.15) is 30.1 Å². The minimum absolute atomic E-state index is 0. The first-order chi connectivity index (χ1) is 13.0. The molecule has 0 saturated carbocycles. The van der Waals surface area contributed by atoms with Gasteiger partial charge < -0.3 is 20.4 Å². The first-order valence-corrected chi connectivity index (χ1v) is 9.26. The number of halogens is 1. The van der Waals surface area contributed by atoms with Crippen molar-refractivity contribution < 1.29 is 14.5 Å². The molecule has 10 heteroatoms. The highest BCUT2D eigenvalue weighted by atomic mass is 35.5. The molecule has 2 heterocycles. The van der Waals surface area contributed by atoms with Gasteiger partial charge in [-0.1, -0.05) is 0 Å². The molecule has 1 aromatic carbocycles. The molecule has 0 radical (unpaired) electrons. The van der Waals surface area contributed by atoms with E-state index in [2.05, 4.69) is 10.6 Å². The summed E-state index contributed by atoms with van der Waals surface area (Å²) in [6.45, 7) is 5.30. The van der Waals surface area contributed by atoms with E-state index in [1.165, 1.54) is 13.0 Å². The van der Waals surface area contributed by atoms with Gasteiger partial charge in [-0.2, -0.15) is 0 Å². The number of nitrogens with one attached hydrogen (secondary N) is 2. The highest BCUT2D eigenvalue weighted by Crippen LogP contribution is 2.30.